The molecule has 0 amide bonds. The van der Waals surface area contributed by atoms with Gasteiger partial charge in [-0.05, 0) is 19.4 Å². The Bertz CT molecular complexity index is 130. The molecule has 1 unspecified atom stereocenters. The molecule has 0 radical (unpaired) electrons. The molecule has 0 rings (SSSR count). The van der Waals surface area contributed by atoms with E-state index >= 15 is 0 Å². The van der Waals surface area contributed by atoms with E-state index in [-0.39, 0.29) is 6.73 Å². The third-order valence-electron chi connectivity index (χ3n) is 1.53. The molecule has 0 fully saturated rings. The number of nitrogens with two attached hydrogens (primary N) is 1. The van der Waals surface area contributed by atoms with Crippen molar-refractivity contribution < 1.29 is 15.0 Å². The van der Waals surface area contributed by atoms with Crippen molar-refractivity contribution in [3.05, 3.63) is 0 Å². The van der Waals surface area contributed by atoms with Gasteiger partial charge in [-0.3, -0.25) is 5.32 Å². The number of hydrogen-bond acceptors (Lipinski definition) is 5. The summed E-state index contributed by atoms with van der Waals surface area (Å²) in [5.74, 6) is -1.20. The minimum atomic E-state index is -1.20. The molecule has 0 aliphatic heterocycles. The standard InChI is InChI=1S/C7H16N2O3/c8-6(7(11)12)3-1-2-4-9-5-10/h6,9-10H,1-5,8H2,(H,11,12)/p-1. The molecule has 0 aliphatic carbocycles. The lowest BCUT2D eigenvalue weighted by Crippen LogP contribution is -2.41. The Hall–Kier alpha value is -0.650. The number of carboxylic acid groups (broad SMARTS) is 1. The first-order valence-corrected chi connectivity index (χ1v) is 3.96. The summed E-state index contributed by atoms with van der Waals surface area (Å²) in [4.78, 5) is 10.1. The van der Waals surface area contributed by atoms with Crippen LogP contribution in [0, 0.1) is 0 Å². The molecule has 0 saturated heterocycles. The topological polar surface area (TPSA) is 98.4 Å². The second kappa shape index (κ2) is 7.02. The minimum Gasteiger partial charge on any atom is -0.548 e. The van der Waals surface area contributed by atoms with Crippen LogP contribution in [0.1, 0.15) is 19.3 Å². The van der Waals surface area contributed by atoms with Gasteiger partial charge in [0.1, 0.15) is 0 Å². The van der Waals surface area contributed by atoms with Gasteiger partial charge in [-0.1, -0.05) is 6.42 Å². The molecule has 5 heteroatoms. The smallest absolute Gasteiger partial charge is 0.0931 e. The summed E-state index contributed by atoms with van der Waals surface area (Å²) in [6.07, 6.45) is 1.96. The summed E-state index contributed by atoms with van der Waals surface area (Å²) >= 11 is 0. The van der Waals surface area contributed by atoms with Crippen molar-refractivity contribution in [2.24, 2.45) is 5.73 Å². The number of rotatable bonds is 7. The van der Waals surface area contributed by atoms with Crippen molar-refractivity contribution in [3.8, 4) is 0 Å². The van der Waals surface area contributed by atoms with E-state index in [4.69, 9.17) is 10.8 Å². The Morgan fingerprint density at radius 3 is 2.75 bits per heavy atom. The minimum absolute atomic E-state index is 0.0491. The zero-order chi connectivity index (χ0) is 9.40. The number of unbranched alkanes of at least 4 members (excludes halogenated alkanes) is 1. The third kappa shape index (κ3) is 6.09. The van der Waals surface area contributed by atoms with E-state index in [0.29, 0.717) is 13.0 Å². The van der Waals surface area contributed by atoms with Crippen LogP contribution in [0.15, 0.2) is 0 Å². The van der Waals surface area contributed by atoms with Crippen LogP contribution >= 0.6 is 0 Å². The largest absolute Gasteiger partial charge is 0.548 e. The highest BCUT2D eigenvalue weighted by Crippen LogP contribution is 1.96. The van der Waals surface area contributed by atoms with Crippen LogP contribution in [0.3, 0.4) is 0 Å². The van der Waals surface area contributed by atoms with Crippen LogP contribution in [-0.4, -0.2) is 30.4 Å². The van der Waals surface area contributed by atoms with Crippen molar-refractivity contribution in [3.63, 3.8) is 0 Å². The number of aliphatic hydroxyl groups is 1. The number of nitrogens with one attached hydrogen (secondary N) is 1. The summed E-state index contributed by atoms with van der Waals surface area (Å²) < 4.78 is 0. The van der Waals surface area contributed by atoms with Crippen LogP contribution in [-0.2, 0) is 4.79 Å². The molecule has 1 atom stereocenters. The first-order valence-electron chi connectivity index (χ1n) is 3.96. The maximum Gasteiger partial charge on any atom is 0.0931 e. The molecular formula is C7H15N2O3-. The van der Waals surface area contributed by atoms with E-state index in [1.807, 2.05) is 0 Å². The van der Waals surface area contributed by atoms with Crippen molar-refractivity contribution in [2.75, 3.05) is 13.3 Å². The number of aliphatic hydroxyl groups excluding tert-OH is 1. The molecule has 0 aromatic carbocycles. The fourth-order valence-corrected chi connectivity index (χ4v) is 0.811. The number of carbonyl (C=O) groups is 1. The summed E-state index contributed by atoms with van der Waals surface area (Å²) in [7, 11) is 0. The van der Waals surface area contributed by atoms with E-state index in [2.05, 4.69) is 5.32 Å². The molecule has 0 saturated carbocycles. The summed E-state index contributed by atoms with van der Waals surface area (Å²) in [6, 6.07) is -0.862. The Labute approximate surface area is 71.6 Å². The van der Waals surface area contributed by atoms with Gasteiger partial charge in [0.25, 0.3) is 0 Å². The van der Waals surface area contributed by atoms with Crippen LogP contribution in [0.25, 0.3) is 0 Å². The maximum absolute atomic E-state index is 10.1. The van der Waals surface area contributed by atoms with Gasteiger partial charge in [-0.2, -0.15) is 0 Å². The van der Waals surface area contributed by atoms with E-state index < -0.39 is 12.0 Å². The summed E-state index contributed by atoms with van der Waals surface area (Å²) in [5.41, 5.74) is 5.20. The average molecular weight is 175 g/mol. The Balaban J connectivity index is 3.14. The lowest BCUT2D eigenvalue weighted by molar-refractivity contribution is -0.307. The average Bonchev–Trinajstić information content (AvgIpc) is 2.03. The summed E-state index contributed by atoms with van der Waals surface area (Å²) in [5, 5.41) is 21.2. The van der Waals surface area contributed by atoms with Crippen molar-refractivity contribution in [2.45, 2.75) is 25.3 Å². The molecule has 4 N–H and O–H groups in total. The number of hydrogen-bond donors (Lipinski definition) is 3. The number of aliphatic carboxylic acids is 1. The first kappa shape index (κ1) is 11.4. The van der Waals surface area contributed by atoms with Gasteiger partial charge in [0, 0.05) is 6.04 Å². The fourth-order valence-electron chi connectivity index (χ4n) is 0.811. The lowest BCUT2D eigenvalue weighted by Gasteiger charge is -2.11. The van der Waals surface area contributed by atoms with Gasteiger partial charge in [-0.25, -0.2) is 0 Å². The quantitative estimate of drug-likeness (QED) is 0.300. The van der Waals surface area contributed by atoms with E-state index in [1.54, 1.807) is 0 Å². The van der Waals surface area contributed by atoms with E-state index in [9.17, 15) is 9.90 Å². The van der Waals surface area contributed by atoms with Gasteiger partial charge in [0.15, 0.2) is 0 Å². The number of carbonyl (C=O) groups excluding carboxylic acids is 1. The van der Waals surface area contributed by atoms with Crippen LogP contribution in [0.2, 0.25) is 0 Å². The Morgan fingerprint density at radius 1 is 1.58 bits per heavy atom. The van der Waals surface area contributed by atoms with Gasteiger partial charge < -0.3 is 20.7 Å². The lowest BCUT2D eigenvalue weighted by atomic mass is 10.1. The SMILES string of the molecule is NC(CCCCNCO)C(=O)[O-]. The monoisotopic (exact) mass is 175 g/mol. The third-order valence-corrected chi connectivity index (χ3v) is 1.53. The predicted octanol–water partition coefficient (Wildman–Crippen LogP) is -2.23. The second-order valence-corrected chi connectivity index (χ2v) is 2.58. The fraction of sp³-hybridized carbons (Fsp3) is 0.857. The Kier molecular flexibility index (Phi) is 6.64. The van der Waals surface area contributed by atoms with Gasteiger partial charge >= 0.3 is 0 Å². The predicted molar refractivity (Wildman–Crippen MR) is 41.9 cm³/mol. The molecule has 72 valence electrons. The summed E-state index contributed by atoms with van der Waals surface area (Å²) in [6.45, 7) is 0.628. The normalized spacial score (nSPS) is 12.8. The van der Waals surface area contributed by atoms with Gasteiger partial charge in [-0.15, -0.1) is 0 Å². The molecule has 0 aromatic heterocycles. The van der Waals surface area contributed by atoms with Crippen LogP contribution in [0.5, 0.6) is 0 Å². The van der Waals surface area contributed by atoms with Gasteiger partial charge in [0.2, 0.25) is 0 Å². The van der Waals surface area contributed by atoms with Crippen molar-refractivity contribution in [1.29, 1.82) is 0 Å². The molecular weight excluding hydrogens is 160 g/mol. The zero-order valence-corrected chi connectivity index (χ0v) is 6.95. The van der Waals surface area contributed by atoms with Crippen LogP contribution in [0.4, 0.5) is 0 Å². The molecule has 0 aromatic rings. The maximum atomic E-state index is 10.1. The van der Waals surface area contributed by atoms with Crippen LogP contribution < -0.4 is 16.2 Å². The first-order chi connectivity index (χ1) is 5.68. The molecule has 0 bridgehead atoms. The molecule has 0 aliphatic rings. The molecule has 5 nitrogen and oxygen atoms in total. The molecule has 0 spiro atoms. The van der Waals surface area contributed by atoms with Gasteiger partial charge in [0.05, 0.1) is 12.7 Å². The van der Waals surface area contributed by atoms with E-state index in [0.717, 1.165) is 12.8 Å². The highest BCUT2D eigenvalue weighted by Gasteiger charge is 2.01. The van der Waals surface area contributed by atoms with Crippen molar-refractivity contribution in [1.82, 2.24) is 5.32 Å². The van der Waals surface area contributed by atoms with Crippen molar-refractivity contribution >= 4 is 5.97 Å². The molecule has 12 heavy (non-hydrogen) atoms. The second-order valence-electron chi connectivity index (χ2n) is 2.58. The zero-order valence-electron chi connectivity index (χ0n) is 6.95. The van der Waals surface area contributed by atoms with E-state index in [1.165, 1.54) is 0 Å². The number of carboxylic acids is 1. The highest BCUT2D eigenvalue weighted by molar-refractivity contribution is 5.70. The molecule has 0 heterocycles. The Morgan fingerprint density at radius 2 is 2.25 bits per heavy atom. The highest BCUT2D eigenvalue weighted by atomic mass is 16.4.